The van der Waals surface area contributed by atoms with Gasteiger partial charge in [-0.15, -0.1) is 10.2 Å². The summed E-state index contributed by atoms with van der Waals surface area (Å²) < 4.78 is 2.01. The Morgan fingerprint density at radius 3 is 2.33 bits per heavy atom. The number of thioether (sulfide) groups is 1. The molecule has 1 N–H and O–H groups in total. The van der Waals surface area contributed by atoms with E-state index in [1.165, 1.54) is 18.7 Å². The molecule has 0 radical (unpaired) electrons. The van der Waals surface area contributed by atoms with Gasteiger partial charge in [0.15, 0.2) is 10.9 Å². The molecule has 1 atom stereocenters. The first-order valence-corrected chi connectivity index (χ1v) is 11.5. The number of aromatic nitrogens is 3. The number of ketones is 1. The molecule has 1 amide bonds. The molecule has 3 aromatic carbocycles. The largest absolute Gasteiger partial charge is 0.325 e. The predicted molar refractivity (Wildman–Crippen MR) is 130 cm³/mol. The van der Waals surface area contributed by atoms with Gasteiger partial charge >= 0.3 is 0 Å². The number of hydrogen-bond acceptors (Lipinski definition) is 5. The Bertz CT molecular complexity index is 1260. The first-order chi connectivity index (χ1) is 16.0. The van der Waals surface area contributed by atoms with E-state index < -0.39 is 5.25 Å². The second kappa shape index (κ2) is 10.3. The summed E-state index contributed by atoms with van der Waals surface area (Å²) in [5, 5.41) is 11.7. The summed E-state index contributed by atoms with van der Waals surface area (Å²) in [6.45, 7) is 4.03. The molecule has 166 valence electrons. The van der Waals surface area contributed by atoms with Crippen LogP contribution in [0, 0.1) is 6.92 Å². The molecular formula is C26H24N4O2S. The van der Waals surface area contributed by atoms with Crippen molar-refractivity contribution in [2.75, 3.05) is 5.32 Å². The number of anilines is 1. The number of aryl methyl sites for hydroxylation is 1. The molecule has 0 fully saturated rings. The van der Waals surface area contributed by atoms with Crippen LogP contribution in [-0.2, 0) is 11.3 Å². The lowest BCUT2D eigenvalue weighted by molar-refractivity contribution is -0.115. The molecule has 0 aliphatic rings. The highest BCUT2D eigenvalue weighted by Gasteiger charge is 2.25. The summed E-state index contributed by atoms with van der Waals surface area (Å²) in [5.41, 5.74) is 3.12. The fourth-order valence-electron chi connectivity index (χ4n) is 3.43. The van der Waals surface area contributed by atoms with Crippen LogP contribution in [0.5, 0.6) is 0 Å². The zero-order chi connectivity index (χ0) is 23.2. The van der Waals surface area contributed by atoms with Crippen LogP contribution in [0.25, 0.3) is 0 Å². The molecule has 0 saturated heterocycles. The molecule has 7 heteroatoms. The van der Waals surface area contributed by atoms with Crippen molar-refractivity contribution < 1.29 is 9.59 Å². The van der Waals surface area contributed by atoms with Gasteiger partial charge in [-0.05, 0) is 37.1 Å². The number of nitrogens with one attached hydrogen (secondary N) is 1. The van der Waals surface area contributed by atoms with Gasteiger partial charge in [0.25, 0.3) is 0 Å². The molecule has 0 bridgehead atoms. The topological polar surface area (TPSA) is 76.9 Å². The van der Waals surface area contributed by atoms with Crippen LogP contribution in [0.2, 0.25) is 0 Å². The second-order valence-electron chi connectivity index (χ2n) is 7.64. The number of amides is 1. The molecular weight excluding hydrogens is 432 g/mol. The highest BCUT2D eigenvalue weighted by Crippen LogP contribution is 2.36. The zero-order valence-electron chi connectivity index (χ0n) is 18.4. The maximum atomic E-state index is 13.4. The molecule has 6 nitrogen and oxygen atoms in total. The normalized spacial score (nSPS) is 11.7. The van der Waals surface area contributed by atoms with Gasteiger partial charge in [0.05, 0.1) is 6.54 Å². The fraction of sp³-hybridized carbons (Fsp3) is 0.154. The average molecular weight is 457 g/mol. The van der Waals surface area contributed by atoms with Crippen LogP contribution in [-0.4, -0.2) is 26.5 Å². The molecule has 33 heavy (non-hydrogen) atoms. The van der Waals surface area contributed by atoms with Gasteiger partial charge in [-0.25, -0.2) is 0 Å². The molecule has 0 saturated carbocycles. The predicted octanol–water partition coefficient (Wildman–Crippen LogP) is 5.31. The summed E-state index contributed by atoms with van der Waals surface area (Å²) in [6.07, 6.45) is 0. The molecule has 1 unspecified atom stereocenters. The van der Waals surface area contributed by atoms with Crippen LogP contribution < -0.4 is 5.32 Å². The molecule has 1 aromatic heterocycles. The van der Waals surface area contributed by atoms with Gasteiger partial charge < -0.3 is 9.88 Å². The van der Waals surface area contributed by atoms with E-state index in [9.17, 15) is 9.59 Å². The summed E-state index contributed by atoms with van der Waals surface area (Å²) >= 11 is 1.36. The summed E-state index contributed by atoms with van der Waals surface area (Å²) in [6, 6.07) is 26.6. The van der Waals surface area contributed by atoms with Crippen molar-refractivity contribution >= 4 is 29.1 Å². The third-order valence-electron chi connectivity index (χ3n) is 5.19. The first-order valence-electron chi connectivity index (χ1n) is 10.6. The number of carbonyl (C=O) groups excluding carboxylic acids is 2. The molecule has 4 aromatic rings. The minimum atomic E-state index is -0.551. The average Bonchev–Trinajstić information content (AvgIpc) is 3.17. The van der Waals surface area contributed by atoms with E-state index in [1.54, 1.807) is 24.3 Å². The Labute approximate surface area is 197 Å². The maximum absolute atomic E-state index is 13.4. The highest BCUT2D eigenvalue weighted by molar-refractivity contribution is 8.00. The van der Waals surface area contributed by atoms with Crippen molar-refractivity contribution in [1.29, 1.82) is 0 Å². The lowest BCUT2D eigenvalue weighted by atomic mass is 10.1. The van der Waals surface area contributed by atoms with Gasteiger partial charge in [0.1, 0.15) is 11.1 Å². The van der Waals surface area contributed by atoms with E-state index in [-0.39, 0.29) is 11.7 Å². The molecule has 0 aliphatic heterocycles. The fourth-order valence-corrected chi connectivity index (χ4v) is 4.51. The second-order valence-corrected chi connectivity index (χ2v) is 8.71. The number of nitrogens with zero attached hydrogens (tertiary/aromatic N) is 3. The highest BCUT2D eigenvalue weighted by atomic mass is 32.2. The van der Waals surface area contributed by atoms with Gasteiger partial charge in [-0.3, -0.25) is 9.59 Å². The number of Topliss-reactive ketones (excluding diaryl/α,β-unsaturated/α-hetero) is 1. The van der Waals surface area contributed by atoms with E-state index in [4.69, 9.17) is 0 Å². The molecule has 0 spiro atoms. The van der Waals surface area contributed by atoms with E-state index in [0.29, 0.717) is 23.0 Å². The lowest BCUT2D eigenvalue weighted by Gasteiger charge is -2.18. The Balaban J connectivity index is 1.62. The Hall–Kier alpha value is -3.71. The quantitative estimate of drug-likeness (QED) is 0.287. The van der Waals surface area contributed by atoms with Crippen LogP contribution in [0.4, 0.5) is 5.69 Å². The Morgan fingerprint density at radius 2 is 1.64 bits per heavy atom. The van der Waals surface area contributed by atoms with E-state index in [2.05, 4.69) is 27.6 Å². The Morgan fingerprint density at radius 1 is 0.939 bits per heavy atom. The number of carbonyl (C=O) groups is 2. The van der Waals surface area contributed by atoms with Gasteiger partial charge in [0, 0.05) is 11.3 Å². The van der Waals surface area contributed by atoms with E-state index in [0.717, 1.165) is 17.0 Å². The lowest BCUT2D eigenvalue weighted by Crippen LogP contribution is -2.20. The van der Waals surface area contributed by atoms with Gasteiger partial charge in [-0.1, -0.05) is 84.6 Å². The van der Waals surface area contributed by atoms with Crippen molar-refractivity contribution in [2.24, 2.45) is 0 Å². The van der Waals surface area contributed by atoms with Crippen LogP contribution in [0.15, 0.2) is 90.1 Å². The van der Waals surface area contributed by atoms with Crippen molar-refractivity contribution in [2.45, 2.75) is 30.8 Å². The number of rotatable bonds is 8. The van der Waals surface area contributed by atoms with Crippen molar-refractivity contribution in [3.63, 3.8) is 0 Å². The molecule has 1 heterocycles. The van der Waals surface area contributed by atoms with Crippen molar-refractivity contribution in [1.82, 2.24) is 14.8 Å². The van der Waals surface area contributed by atoms with Gasteiger partial charge in [-0.2, -0.15) is 0 Å². The van der Waals surface area contributed by atoms with Gasteiger partial charge in [0.2, 0.25) is 5.91 Å². The molecule has 0 aliphatic carbocycles. The summed E-state index contributed by atoms with van der Waals surface area (Å²) in [4.78, 5) is 25.1. The number of hydrogen-bond donors (Lipinski definition) is 1. The van der Waals surface area contributed by atoms with E-state index >= 15 is 0 Å². The minimum Gasteiger partial charge on any atom is -0.325 e. The third kappa shape index (κ3) is 5.56. The SMILES string of the molecule is CC(=O)c1cccc(NC(=O)C(Sc2nnc(C)n2Cc2ccccc2)c2ccccc2)c1. The van der Waals surface area contributed by atoms with Crippen LogP contribution >= 0.6 is 11.8 Å². The van der Waals surface area contributed by atoms with E-state index in [1.807, 2.05) is 60.0 Å². The van der Waals surface area contributed by atoms with Crippen molar-refractivity contribution in [3.05, 3.63) is 107 Å². The minimum absolute atomic E-state index is 0.0513. The number of benzene rings is 3. The van der Waals surface area contributed by atoms with Crippen molar-refractivity contribution in [3.8, 4) is 0 Å². The Kier molecular flexibility index (Phi) is 7.00. The van der Waals surface area contributed by atoms with Crippen LogP contribution in [0.3, 0.4) is 0 Å². The maximum Gasteiger partial charge on any atom is 0.242 e. The smallest absolute Gasteiger partial charge is 0.242 e. The summed E-state index contributed by atoms with van der Waals surface area (Å²) in [5.74, 6) is 0.533. The first kappa shape index (κ1) is 22.5. The van der Waals surface area contributed by atoms with Crippen LogP contribution in [0.1, 0.15) is 39.5 Å². The molecule has 4 rings (SSSR count). The summed E-state index contributed by atoms with van der Waals surface area (Å²) in [7, 11) is 0. The zero-order valence-corrected chi connectivity index (χ0v) is 19.3. The monoisotopic (exact) mass is 456 g/mol. The third-order valence-corrected chi connectivity index (χ3v) is 6.42. The standard InChI is InChI=1S/C26H24N4O2S/c1-18(31)22-14-9-15-23(16-22)27-25(32)24(21-12-7-4-8-13-21)33-26-29-28-19(2)30(26)17-20-10-5-3-6-11-20/h3-16,24H,17H2,1-2H3,(H,27,32).